The zero-order valence-electron chi connectivity index (χ0n) is 17.8. The predicted molar refractivity (Wildman–Crippen MR) is 121 cm³/mol. The molecule has 168 valence electrons. The first-order valence-electron chi connectivity index (χ1n) is 10.4. The Morgan fingerprint density at radius 2 is 1.97 bits per heavy atom. The number of rotatable bonds is 9. The van der Waals surface area contributed by atoms with Crippen molar-refractivity contribution < 1.29 is 22.7 Å². The summed E-state index contributed by atoms with van der Waals surface area (Å²) in [5, 5.41) is 3.31. The average Bonchev–Trinajstić information content (AvgIpc) is 3.10. The quantitative estimate of drug-likeness (QED) is 0.571. The lowest BCUT2D eigenvalue weighted by Crippen LogP contribution is -2.30. The number of sulfone groups is 1. The van der Waals surface area contributed by atoms with Crippen LogP contribution in [0.5, 0.6) is 0 Å². The van der Waals surface area contributed by atoms with Crippen molar-refractivity contribution in [3.8, 4) is 0 Å². The van der Waals surface area contributed by atoms with Crippen molar-refractivity contribution in [2.75, 3.05) is 31.3 Å². The van der Waals surface area contributed by atoms with Crippen molar-refractivity contribution >= 4 is 38.1 Å². The maximum Gasteiger partial charge on any atom is 0.341 e. The van der Waals surface area contributed by atoms with Gasteiger partial charge in [-0.05, 0) is 43.5 Å². The van der Waals surface area contributed by atoms with Crippen LogP contribution in [0.1, 0.15) is 47.0 Å². The standard InChI is InChI=1S/C22H28N2O5S2/c1-3-12-24-13-11-17-18(15-24)30-21(20(17)22(26)29-2)23-19(25)10-7-14-31(27,28)16-8-5-4-6-9-16/h4-6,8-9H,3,7,10-15H2,1-2H3,(H,23,25). The minimum Gasteiger partial charge on any atom is -0.465 e. The number of benzene rings is 1. The summed E-state index contributed by atoms with van der Waals surface area (Å²) in [6.45, 7) is 4.74. The van der Waals surface area contributed by atoms with E-state index in [0.717, 1.165) is 42.9 Å². The molecule has 2 heterocycles. The largest absolute Gasteiger partial charge is 0.465 e. The van der Waals surface area contributed by atoms with Crippen LogP contribution < -0.4 is 5.32 Å². The number of hydrogen-bond acceptors (Lipinski definition) is 7. The molecule has 0 atom stereocenters. The van der Waals surface area contributed by atoms with Crippen LogP contribution in [-0.4, -0.2) is 51.1 Å². The van der Waals surface area contributed by atoms with Gasteiger partial charge in [0.1, 0.15) is 5.00 Å². The molecule has 1 N–H and O–H groups in total. The van der Waals surface area contributed by atoms with E-state index in [0.29, 0.717) is 10.6 Å². The lowest BCUT2D eigenvalue weighted by Gasteiger charge is -2.26. The zero-order chi connectivity index (χ0) is 22.4. The molecule has 0 radical (unpaired) electrons. The molecule has 3 rings (SSSR count). The highest BCUT2D eigenvalue weighted by molar-refractivity contribution is 7.91. The first-order valence-corrected chi connectivity index (χ1v) is 12.9. The van der Waals surface area contributed by atoms with Gasteiger partial charge in [-0.15, -0.1) is 11.3 Å². The maximum atomic E-state index is 12.5. The van der Waals surface area contributed by atoms with E-state index >= 15 is 0 Å². The van der Waals surface area contributed by atoms with Gasteiger partial charge in [0.2, 0.25) is 5.91 Å². The number of nitrogens with zero attached hydrogens (tertiary/aromatic N) is 1. The van der Waals surface area contributed by atoms with Crippen molar-refractivity contribution in [2.24, 2.45) is 0 Å². The topological polar surface area (TPSA) is 92.8 Å². The third-order valence-electron chi connectivity index (χ3n) is 5.24. The van der Waals surface area contributed by atoms with Crippen LogP contribution in [0.15, 0.2) is 35.2 Å². The smallest absolute Gasteiger partial charge is 0.341 e. The molecular formula is C22H28N2O5S2. The second kappa shape index (κ2) is 10.4. The van der Waals surface area contributed by atoms with Crippen molar-refractivity contribution in [1.82, 2.24) is 4.90 Å². The van der Waals surface area contributed by atoms with Gasteiger partial charge in [0.25, 0.3) is 0 Å². The number of esters is 1. The Morgan fingerprint density at radius 1 is 1.23 bits per heavy atom. The number of carbonyl (C=O) groups excluding carboxylic acids is 2. The first-order chi connectivity index (χ1) is 14.9. The zero-order valence-corrected chi connectivity index (χ0v) is 19.5. The van der Waals surface area contributed by atoms with Gasteiger partial charge < -0.3 is 10.1 Å². The Morgan fingerprint density at radius 3 is 2.65 bits per heavy atom. The lowest BCUT2D eigenvalue weighted by atomic mass is 10.0. The first kappa shape index (κ1) is 23.4. The van der Waals surface area contributed by atoms with Gasteiger partial charge in [0.05, 0.1) is 23.3 Å². The van der Waals surface area contributed by atoms with E-state index in [1.54, 1.807) is 30.3 Å². The molecular weight excluding hydrogens is 436 g/mol. The van der Waals surface area contributed by atoms with E-state index in [2.05, 4.69) is 17.1 Å². The summed E-state index contributed by atoms with van der Waals surface area (Å²) in [6, 6.07) is 8.21. The van der Waals surface area contributed by atoms with Crippen molar-refractivity contribution in [3.05, 3.63) is 46.3 Å². The summed E-state index contributed by atoms with van der Waals surface area (Å²) >= 11 is 1.41. The summed E-state index contributed by atoms with van der Waals surface area (Å²) in [5.41, 5.74) is 1.38. The molecule has 1 aromatic carbocycles. The number of anilines is 1. The molecule has 1 aromatic heterocycles. The molecule has 2 aromatic rings. The number of methoxy groups -OCH3 is 1. The molecule has 1 aliphatic heterocycles. The third kappa shape index (κ3) is 5.72. The number of fused-ring (bicyclic) bond motifs is 1. The predicted octanol–water partition coefficient (Wildman–Crippen LogP) is 3.50. The second-order valence-electron chi connectivity index (χ2n) is 7.51. The van der Waals surface area contributed by atoms with E-state index in [1.165, 1.54) is 18.4 Å². The fourth-order valence-electron chi connectivity index (χ4n) is 3.73. The highest BCUT2D eigenvalue weighted by Crippen LogP contribution is 2.37. The fraction of sp³-hybridized carbons (Fsp3) is 0.455. The Hall–Kier alpha value is -2.23. The van der Waals surface area contributed by atoms with Gasteiger partial charge in [0.15, 0.2) is 9.84 Å². The van der Waals surface area contributed by atoms with Crippen LogP contribution in [0.2, 0.25) is 0 Å². The van der Waals surface area contributed by atoms with E-state index in [9.17, 15) is 18.0 Å². The number of nitrogens with one attached hydrogen (secondary N) is 1. The van der Waals surface area contributed by atoms with Crippen LogP contribution >= 0.6 is 11.3 Å². The summed E-state index contributed by atoms with van der Waals surface area (Å²) in [7, 11) is -2.09. The van der Waals surface area contributed by atoms with Gasteiger partial charge in [-0.1, -0.05) is 25.1 Å². The van der Waals surface area contributed by atoms with Crippen molar-refractivity contribution in [1.29, 1.82) is 0 Å². The maximum absolute atomic E-state index is 12.5. The molecule has 31 heavy (non-hydrogen) atoms. The number of ether oxygens (including phenoxy) is 1. The molecule has 1 amide bonds. The van der Waals surface area contributed by atoms with Gasteiger partial charge in [-0.3, -0.25) is 9.69 Å². The lowest BCUT2D eigenvalue weighted by molar-refractivity contribution is -0.116. The van der Waals surface area contributed by atoms with Crippen LogP contribution in [0.25, 0.3) is 0 Å². The second-order valence-corrected chi connectivity index (χ2v) is 10.7. The highest BCUT2D eigenvalue weighted by Gasteiger charge is 2.29. The van der Waals surface area contributed by atoms with Crippen molar-refractivity contribution in [2.45, 2.75) is 44.0 Å². The minimum absolute atomic E-state index is 0.0528. The molecule has 9 heteroatoms. The number of thiophene rings is 1. The van der Waals surface area contributed by atoms with E-state index < -0.39 is 15.8 Å². The highest BCUT2D eigenvalue weighted by atomic mass is 32.2. The van der Waals surface area contributed by atoms with Crippen molar-refractivity contribution in [3.63, 3.8) is 0 Å². The molecule has 1 aliphatic rings. The Kier molecular flexibility index (Phi) is 7.85. The fourth-order valence-corrected chi connectivity index (χ4v) is 6.35. The summed E-state index contributed by atoms with van der Waals surface area (Å²) < 4.78 is 29.7. The molecule has 7 nitrogen and oxygen atoms in total. The van der Waals surface area contributed by atoms with E-state index in [4.69, 9.17) is 4.74 Å². The van der Waals surface area contributed by atoms with Crippen LogP contribution in [-0.2, 0) is 32.3 Å². The van der Waals surface area contributed by atoms with Crippen LogP contribution in [0.3, 0.4) is 0 Å². The minimum atomic E-state index is -3.43. The summed E-state index contributed by atoms with van der Waals surface area (Å²) in [4.78, 5) is 28.6. The summed E-state index contributed by atoms with van der Waals surface area (Å²) in [6.07, 6.45) is 2.05. The normalized spacial score (nSPS) is 14.1. The monoisotopic (exact) mass is 464 g/mol. The van der Waals surface area contributed by atoms with Crippen LogP contribution in [0, 0.1) is 0 Å². The molecule has 0 saturated heterocycles. The molecule has 0 spiro atoms. The van der Waals surface area contributed by atoms with Crippen LogP contribution in [0.4, 0.5) is 5.00 Å². The van der Waals surface area contributed by atoms with Gasteiger partial charge >= 0.3 is 5.97 Å². The Bertz CT molecular complexity index is 1030. The number of carbonyl (C=O) groups is 2. The van der Waals surface area contributed by atoms with Gasteiger partial charge in [-0.25, -0.2) is 13.2 Å². The molecule has 0 saturated carbocycles. The number of amides is 1. The molecule has 0 aliphatic carbocycles. The molecule has 0 fully saturated rings. The third-order valence-corrected chi connectivity index (χ3v) is 8.19. The van der Waals surface area contributed by atoms with Gasteiger partial charge in [0, 0.05) is 24.4 Å². The summed E-state index contributed by atoms with van der Waals surface area (Å²) in [5.74, 6) is -0.873. The van der Waals surface area contributed by atoms with E-state index in [-0.39, 0.29) is 29.4 Å². The average molecular weight is 465 g/mol. The van der Waals surface area contributed by atoms with Gasteiger partial charge in [-0.2, -0.15) is 0 Å². The van der Waals surface area contributed by atoms with E-state index in [1.807, 2.05) is 0 Å². The Labute approximate surface area is 187 Å². The Balaban J connectivity index is 1.66. The SMILES string of the molecule is CCCN1CCc2c(sc(NC(=O)CCCS(=O)(=O)c3ccccc3)c2C(=O)OC)C1. The molecule has 0 bridgehead atoms. The number of hydrogen-bond donors (Lipinski definition) is 1. The molecule has 0 unspecified atom stereocenters.